The molecule has 0 spiro atoms. The molecule has 0 amide bonds. The van der Waals surface area contributed by atoms with E-state index in [9.17, 15) is 5.11 Å². The summed E-state index contributed by atoms with van der Waals surface area (Å²) in [6.07, 6.45) is 4.09. The van der Waals surface area contributed by atoms with Crippen molar-refractivity contribution in [2.75, 3.05) is 6.54 Å². The molecule has 4 nitrogen and oxygen atoms in total. The van der Waals surface area contributed by atoms with Crippen LogP contribution in [0.5, 0.6) is 0 Å². The maximum absolute atomic E-state index is 10.6. The first-order valence-corrected chi connectivity index (χ1v) is 8.39. The predicted octanol–water partition coefficient (Wildman–Crippen LogP) is 3.00. The van der Waals surface area contributed by atoms with E-state index in [0.717, 1.165) is 60.6 Å². The number of hydrogen-bond donors (Lipinski definition) is 2. The van der Waals surface area contributed by atoms with E-state index < -0.39 is 5.60 Å². The molecule has 0 unspecified atom stereocenters. The standard InChI is InChI=1S/C15H26BrN3O/c1-4-19-13(14(16)12(3)18-19)9-17-10-15(20)7-5-11(2)6-8-15/h11,17,20H,4-10H2,1-3H3. The van der Waals surface area contributed by atoms with Gasteiger partial charge in [0.2, 0.25) is 0 Å². The van der Waals surface area contributed by atoms with E-state index in [-0.39, 0.29) is 0 Å². The van der Waals surface area contributed by atoms with Crippen molar-refractivity contribution >= 4 is 15.9 Å². The normalized spacial score (nSPS) is 26.9. The number of aromatic nitrogens is 2. The maximum Gasteiger partial charge on any atom is 0.0771 e. The molecule has 1 saturated carbocycles. The number of halogens is 1. The van der Waals surface area contributed by atoms with Crippen molar-refractivity contribution in [1.29, 1.82) is 0 Å². The average Bonchev–Trinajstić information content (AvgIpc) is 2.70. The summed E-state index contributed by atoms with van der Waals surface area (Å²) < 4.78 is 3.09. The molecule has 20 heavy (non-hydrogen) atoms. The number of rotatable bonds is 5. The number of nitrogens with zero attached hydrogens (tertiary/aromatic N) is 2. The minimum Gasteiger partial charge on any atom is -0.389 e. The van der Waals surface area contributed by atoms with Crippen molar-refractivity contribution in [2.24, 2.45) is 5.92 Å². The third-order valence-electron chi connectivity index (χ3n) is 4.40. The van der Waals surface area contributed by atoms with Gasteiger partial charge in [0, 0.05) is 19.6 Å². The fourth-order valence-electron chi connectivity index (χ4n) is 2.93. The highest BCUT2D eigenvalue weighted by Gasteiger charge is 2.31. The quantitative estimate of drug-likeness (QED) is 0.863. The van der Waals surface area contributed by atoms with Crippen molar-refractivity contribution in [3.63, 3.8) is 0 Å². The molecule has 0 atom stereocenters. The average molecular weight is 344 g/mol. The third-order valence-corrected chi connectivity index (χ3v) is 5.44. The molecule has 1 aromatic heterocycles. The van der Waals surface area contributed by atoms with Gasteiger partial charge in [-0.15, -0.1) is 0 Å². The Balaban J connectivity index is 1.90. The lowest BCUT2D eigenvalue weighted by molar-refractivity contribution is -0.00642. The number of aliphatic hydroxyl groups is 1. The molecule has 0 bridgehead atoms. The molecule has 1 fully saturated rings. The van der Waals surface area contributed by atoms with Crippen LogP contribution in [0.4, 0.5) is 0 Å². The van der Waals surface area contributed by atoms with Crippen molar-refractivity contribution in [3.8, 4) is 0 Å². The summed E-state index contributed by atoms with van der Waals surface area (Å²) in [7, 11) is 0. The van der Waals surface area contributed by atoms with E-state index in [1.165, 1.54) is 0 Å². The largest absolute Gasteiger partial charge is 0.389 e. The van der Waals surface area contributed by atoms with Crippen LogP contribution in [0.2, 0.25) is 0 Å². The summed E-state index contributed by atoms with van der Waals surface area (Å²) in [5.74, 6) is 0.758. The number of hydrogen-bond acceptors (Lipinski definition) is 3. The van der Waals surface area contributed by atoms with Gasteiger partial charge >= 0.3 is 0 Å². The molecule has 0 aromatic carbocycles. The zero-order chi connectivity index (χ0) is 14.8. The first-order valence-electron chi connectivity index (χ1n) is 7.60. The highest BCUT2D eigenvalue weighted by atomic mass is 79.9. The van der Waals surface area contributed by atoms with E-state index in [2.05, 4.69) is 40.2 Å². The summed E-state index contributed by atoms with van der Waals surface area (Å²) in [5.41, 5.74) is 1.66. The lowest BCUT2D eigenvalue weighted by Crippen LogP contribution is -2.43. The Morgan fingerprint density at radius 1 is 1.45 bits per heavy atom. The first kappa shape index (κ1) is 16.0. The molecule has 0 saturated heterocycles. The van der Waals surface area contributed by atoms with Crippen LogP contribution in [0, 0.1) is 12.8 Å². The van der Waals surface area contributed by atoms with Crippen LogP contribution in [0.3, 0.4) is 0 Å². The fourth-order valence-corrected chi connectivity index (χ4v) is 3.35. The fraction of sp³-hybridized carbons (Fsp3) is 0.800. The predicted molar refractivity (Wildman–Crippen MR) is 84.6 cm³/mol. The van der Waals surface area contributed by atoms with Gasteiger partial charge in [0.15, 0.2) is 0 Å². The zero-order valence-electron chi connectivity index (χ0n) is 12.7. The van der Waals surface area contributed by atoms with Gasteiger partial charge in [-0.2, -0.15) is 5.10 Å². The highest BCUT2D eigenvalue weighted by molar-refractivity contribution is 9.10. The van der Waals surface area contributed by atoms with Crippen LogP contribution in [-0.2, 0) is 13.1 Å². The van der Waals surface area contributed by atoms with Gasteiger partial charge in [0.05, 0.1) is 21.5 Å². The van der Waals surface area contributed by atoms with Crippen molar-refractivity contribution in [2.45, 2.75) is 65.1 Å². The summed E-state index contributed by atoms with van der Waals surface area (Å²) in [6.45, 7) is 8.65. The maximum atomic E-state index is 10.6. The summed E-state index contributed by atoms with van der Waals surface area (Å²) in [4.78, 5) is 0. The molecule has 0 radical (unpaired) electrons. The zero-order valence-corrected chi connectivity index (χ0v) is 14.3. The third kappa shape index (κ3) is 3.62. The Kier molecular flexibility index (Phi) is 5.26. The molecule has 114 valence electrons. The van der Waals surface area contributed by atoms with Gasteiger partial charge in [-0.25, -0.2) is 0 Å². The van der Waals surface area contributed by atoms with E-state index in [1.54, 1.807) is 0 Å². The van der Waals surface area contributed by atoms with Crippen molar-refractivity contribution in [1.82, 2.24) is 15.1 Å². The first-order chi connectivity index (χ1) is 9.45. The Bertz CT molecular complexity index is 450. The molecule has 5 heteroatoms. The monoisotopic (exact) mass is 343 g/mol. The van der Waals surface area contributed by atoms with E-state index in [0.29, 0.717) is 6.54 Å². The Morgan fingerprint density at radius 3 is 2.70 bits per heavy atom. The van der Waals surface area contributed by atoms with E-state index in [1.807, 2.05) is 11.6 Å². The second kappa shape index (κ2) is 6.58. The van der Waals surface area contributed by atoms with Gasteiger partial charge in [-0.05, 0) is 61.4 Å². The van der Waals surface area contributed by atoms with Crippen LogP contribution < -0.4 is 5.32 Å². The van der Waals surface area contributed by atoms with Crippen LogP contribution in [0.1, 0.15) is 50.9 Å². The highest BCUT2D eigenvalue weighted by Crippen LogP contribution is 2.31. The van der Waals surface area contributed by atoms with Crippen LogP contribution in [0.15, 0.2) is 4.47 Å². The van der Waals surface area contributed by atoms with E-state index >= 15 is 0 Å². The van der Waals surface area contributed by atoms with Gasteiger partial charge in [-0.3, -0.25) is 4.68 Å². The summed E-state index contributed by atoms with van der Waals surface area (Å²) >= 11 is 3.60. The molecule has 1 heterocycles. The van der Waals surface area contributed by atoms with Crippen molar-refractivity contribution in [3.05, 3.63) is 15.9 Å². The number of nitrogens with one attached hydrogen (secondary N) is 1. The topological polar surface area (TPSA) is 50.1 Å². The van der Waals surface area contributed by atoms with Crippen LogP contribution in [-0.4, -0.2) is 27.0 Å². The number of aryl methyl sites for hydroxylation is 2. The molecule has 2 rings (SSSR count). The molecule has 2 N–H and O–H groups in total. The minimum absolute atomic E-state index is 0.523. The molecule has 1 aromatic rings. The summed E-state index contributed by atoms with van der Waals surface area (Å²) in [5, 5.41) is 18.5. The Labute approximate surface area is 130 Å². The second-order valence-electron chi connectivity index (χ2n) is 6.17. The Morgan fingerprint density at radius 2 is 2.10 bits per heavy atom. The molecule has 1 aliphatic rings. The van der Waals surface area contributed by atoms with Crippen molar-refractivity contribution < 1.29 is 5.11 Å². The second-order valence-corrected chi connectivity index (χ2v) is 6.97. The lowest BCUT2D eigenvalue weighted by atomic mass is 9.79. The Hall–Kier alpha value is -0.390. The molecule has 0 aliphatic heterocycles. The lowest BCUT2D eigenvalue weighted by Gasteiger charge is -2.35. The minimum atomic E-state index is -0.523. The molecule has 1 aliphatic carbocycles. The van der Waals surface area contributed by atoms with Crippen LogP contribution in [0.25, 0.3) is 0 Å². The van der Waals surface area contributed by atoms with Gasteiger partial charge in [-0.1, -0.05) is 6.92 Å². The van der Waals surface area contributed by atoms with Gasteiger partial charge in [0.1, 0.15) is 0 Å². The molecular formula is C15H26BrN3O. The van der Waals surface area contributed by atoms with Crippen LogP contribution >= 0.6 is 15.9 Å². The summed E-state index contributed by atoms with van der Waals surface area (Å²) in [6, 6.07) is 0. The molecular weight excluding hydrogens is 318 g/mol. The SMILES string of the molecule is CCn1nc(C)c(Br)c1CNCC1(O)CCC(C)CC1. The smallest absolute Gasteiger partial charge is 0.0771 e. The van der Waals surface area contributed by atoms with Gasteiger partial charge in [0.25, 0.3) is 0 Å². The van der Waals surface area contributed by atoms with E-state index in [4.69, 9.17) is 0 Å². The van der Waals surface area contributed by atoms with Gasteiger partial charge < -0.3 is 10.4 Å².